The number of carbonyl (C=O) groups is 1. The summed E-state index contributed by atoms with van der Waals surface area (Å²) in [5.74, 6) is 8.52. The second-order valence-corrected chi connectivity index (χ2v) is 8.66. The lowest BCUT2D eigenvalue weighted by Gasteiger charge is -2.06. The van der Waals surface area contributed by atoms with Crippen molar-refractivity contribution in [2.45, 2.75) is 45.9 Å². The van der Waals surface area contributed by atoms with Crippen LogP contribution in [-0.2, 0) is 14.3 Å². The van der Waals surface area contributed by atoms with Gasteiger partial charge in [0.05, 0.1) is 6.61 Å². The zero-order valence-corrected chi connectivity index (χ0v) is 18.2. The average Bonchev–Trinajstić information content (AvgIpc) is 2.61. The van der Waals surface area contributed by atoms with Crippen molar-refractivity contribution < 1.29 is 14.3 Å². The molecule has 0 rings (SSSR count). The molecule has 0 atom stereocenters. The number of ether oxygens (including phenoxy) is 2. The van der Waals surface area contributed by atoms with Crippen LogP contribution < -0.4 is 10.6 Å². The van der Waals surface area contributed by atoms with Crippen molar-refractivity contribution in [3.63, 3.8) is 0 Å². The Balaban J connectivity index is 3.23. The third-order valence-corrected chi connectivity index (χ3v) is 5.24. The van der Waals surface area contributed by atoms with Crippen LogP contribution in [0.15, 0.2) is 0 Å². The second kappa shape index (κ2) is 21.0. The summed E-state index contributed by atoms with van der Waals surface area (Å²) in [6.45, 7) is 10.7. The Labute approximate surface area is 168 Å². The Morgan fingerprint density at radius 2 is 2.00 bits per heavy atom. The summed E-state index contributed by atoms with van der Waals surface area (Å²) in [6, 6.07) is 0. The minimum Gasteiger partial charge on any atom is -0.370 e. The maximum Gasteiger partial charge on any atom is 0.220 e. The lowest BCUT2D eigenvalue weighted by atomic mass is 9.67. The van der Waals surface area contributed by atoms with Crippen LogP contribution in [0, 0.1) is 11.7 Å². The number of rotatable bonds is 17. The third-order valence-electron chi connectivity index (χ3n) is 3.15. The van der Waals surface area contributed by atoms with E-state index in [0.29, 0.717) is 44.5 Å². The molecular formula is C18H35BN2O3S2. The zero-order valence-electron chi connectivity index (χ0n) is 16.6. The van der Waals surface area contributed by atoms with Crippen LogP contribution in [0.2, 0.25) is 5.82 Å². The monoisotopic (exact) mass is 402 g/mol. The molecule has 0 spiro atoms. The number of hydrogen-bond acceptors (Lipinski definition) is 6. The molecule has 0 unspecified atom stereocenters. The number of amides is 1. The number of nitrogens with one attached hydrogen (secondary N) is 2. The normalized spacial score (nSPS) is 10.5. The van der Waals surface area contributed by atoms with Gasteiger partial charge in [0.2, 0.25) is 13.2 Å². The summed E-state index contributed by atoms with van der Waals surface area (Å²) in [5, 5.41) is 6.15. The van der Waals surface area contributed by atoms with Gasteiger partial charge in [-0.15, -0.1) is 0 Å². The van der Waals surface area contributed by atoms with Gasteiger partial charge in [-0.05, 0) is 19.4 Å². The first-order valence-electron chi connectivity index (χ1n) is 9.49. The van der Waals surface area contributed by atoms with E-state index in [4.69, 9.17) is 9.47 Å². The topological polar surface area (TPSA) is 59.6 Å². The van der Waals surface area contributed by atoms with E-state index >= 15 is 0 Å². The Bertz CT molecular complexity index is 390. The summed E-state index contributed by atoms with van der Waals surface area (Å²) in [6.07, 6.45) is 2.31. The molecule has 0 bridgehead atoms. The maximum atomic E-state index is 11.7. The lowest BCUT2D eigenvalue weighted by Crippen LogP contribution is -2.27. The molecule has 0 radical (unpaired) electrons. The van der Waals surface area contributed by atoms with Crippen molar-refractivity contribution in [3.8, 4) is 11.7 Å². The molecule has 0 aliphatic rings. The van der Waals surface area contributed by atoms with Gasteiger partial charge < -0.3 is 20.1 Å². The van der Waals surface area contributed by atoms with Crippen molar-refractivity contribution in [3.05, 3.63) is 0 Å². The average molecular weight is 402 g/mol. The first-order valence-corrected chi connectivity index (χ1v) is 12.0. The molecule has 8 heteroatoms. The molecule has 150 valence electrons. The van der Waals surface area contributed by atoms with Crippen LogP contribution in [0.3, 0.4) is 0 Å². The van der Waals surface area contributed by atoms with Crippen LogP contribution in [0.5, 0.6) is 0 Å². The van der Waals surface area contributed by atoms with E-state index in [1.54, 1.807) is 10.8 Å². The van der Waals surface area contributed by atoms with Gasteiger partial charge in [-0.25, -0.2) is 0 Å². The minimum atomic E-state index is 0.0767. The predicted octanol–water partition coefficient (Wildman–Crippen LogP) is 2.48. The highest BCUT2D eigenvalue weighted by Gasteiger charge is 2.00. The fraction of sp³-hybridized carbons (Fsp3) is 0.833. The predicted molar refractivity (Wildman–Crippen MR) is 117 cm³/mol. The van der Waals surface area contributed by atoms with Crippen molar-refractivity contribution in [1.29, 1.82) is 0 Å². The molecule has 0 heterocycles. The van der Waals surface area contributed by atoms with Gasteiger partial charge >= 0.3 is 0 Å². The van der Waals surface area contributed by atoms with Crippen molar-refractivity contribution in [2.24, 2.45) is 0 Å². The van der Waals surface area contributed by atoms with Gasteiger partial charge in [0, 0.05) is 31.9 Å². The summed E-state index contributed by atoms with van der Waals surface area (Å²) in [4.78, 5) is 11.7. The Morgan fingerprint density at radius 1 is 1.15 bits per heavy atom. The fourth-order valence-corrected chi connectivity index (χ4v) is 3.38. The summed E-state index contributed by atoms with van der Waals surface area (Å²) in [7, 11) is 4.47. The molecule has 0 saturated heterocycles. The maximum absolute atomic E-state index is 11.7. The number of hydrogen-bond donors (Lipinski definition) is 2. The Morgan fingerprint density at radius 3 is 2.77 bits per heavy atom. The van der Waals surface area contributed by atoms with E-state index in [1.165, 1.54) is 0 Å². The van der Waals surface area contributed by atoms with Crippen LogP contribution >= 0.6 is 21.6 Å². The molecule has 0 saturated carbocycles. The van der Waals surface area contributed by atoms with Crippen molar-refractivity contribution in [2.75, 3.05) is 51.1 Å². The fourth-order valence-electron chi connectivity index (χ4n) is 1.77. The van der Waals surface area contributed by atoms with Crippen molar-refractivity contribution >= 4 is 34.8 Å². The largest absolute Gasteiger partial charge is 0.370 e. The van der Waals surface area contributed by atoms with E-state index in [0.717, 1.165) is 39.0 Å². The van der Waals surface area contributed by atoms with E-state index < -0.39 is 0 Å². The molecular weight excluding hydrogens is 367 g/mol. The minimum absolute atomic E-state index is 0.0767. The SMILES string of the molecule is CCNCCSSCOCCCCC(=O)NCCOCC#CBC(C)C. The van der Waals surface area contributed by atoms with Gasteiger partial charge in [0.25, 0.3) is 0 Å². The Kier molecular flexibility index (Phi) is 20.7. The van der Waals surface area contributed by atoms with E-state index in [9.17, 15) is 4.79 Å². The first kappa shape index (κ1) is 25.7. The molecule has 26 heavy (non-hydrogen) atoms. The summed E-state index contributed by atoms with van der Waals surface area (Å²) >= 11 is 0. The number of carbonyl (C=O) groups excluding carboxylic acids is 1. The van der Waals surface area contributed by atoms with E-state index in [2.05, 4.69) is 43.1 Å². The molecule has 5 nitrogen and oxygen atoms in total. The molecule has 0 aromatic heterocycles. The quantitative estimate of drug-likeness (QED) is 0.128. The first-order chi connectivity index (χ1) is 12.7. The molecule has 2 N–H and O–H groups in total. The van der Waals surface area contributed by atoms with Crippen LogP contribution in [0.4, 0.5) is 0 Å². The second-order valence-electron chi connectivity index (χ2n) is 6.13. The summed E-state index contributed by atoms with van der Waals surface area (Å²) in [5.41, 5.74) is 0. The highest BCUT2D eigenvalue weighted by Crippen LogP contribution is 2.20. The van der Waals surface area contributed by atoms with Crippen LogP contribution in [-0.4, -0.2) is 64.3 Å². The smallest absolute Gasteiger partial charge is 0.220 e. The molecule has 0 aliphatic heterocycles. The zero-order chi connectivity index (χ0) is 19.3. The highest BCUT2D eigenvalue weighted by atomic mass is 33.1. The van der Waals surface area contributed by atoms with Crippen LogP contribution in [0.25, 0.3) is 0 Å². The van der Waals surface area contributed by atoms with Gasteiger partial charge in [0.1, 0.15) is 12.5 Å². The summed E-state index contributed by atoms with van der Waals surface area (Å²) < 4.78 is 10.9. The van der Waals surface area contributed by atoms with Crippen molar-refractivity contribution in [1.82, 2.24) is 10.6 Å². The lowest BCUT2D eigenvalue weighted by molar-refractivity contribution is -0.121. The van der Waals surface area contributed by atoms with Gasteiger partial charge in [0.15, 0.2) is 0 Å². The highest BCUT2D eigenvalue weighted by molar-refractivity contribution is 8.76. The standard InChI is InChI=1S/C18H35BN2O3S2/c1-4-20-11-15-25-26-16-24-12-6-5-8-18(22)21-10-14-23-13-7-9-19-17(2)3/h17,19-20H,4-6,8,10-16H2,1-3H3,(H,21,22). The van der Waals surface area contributed by atoms with E-state index in [-0.39, 0.29) is 5.91 Å². The van der Waals surface area contributed by atoms with E-state index in [1.807, 2.05) is 10.8 Å². The van der Waals surface area contributed by atoms with Crippen LogP contribution in [0.1, 0.15) is 40.0 Å². The third kappa shape index (κ3) is 21.7. The molecule has 1 amide bonds. The molecule has 0 aliphatic carbocycles. The van der Waals surface area contributed by atoms with Gasteiger partial charge in [-0.1, -0.05) is 54.1 Å². The number of unbranched alkanes of at least 4 members (excludes halogenated alkanes) is 1. The molecule has 0 aromatic carbocycles. The molecule has 0 fully saturated rings. The Hall–Kier alpha value is -0.325. The molecule has 0 aromatic rings. The van der Waals surface area contributed by atoms with Gasteiger partial charge in [-0.3, -0.25) is 4.79 Å². The van der Waals surface area contributed by atoms with Gasteiger partial charge in [-0.2, -0.15) is 5.82 Å².